The predicted octanol–water partition coefficient (Wildman–Crippen LogP) is 2.06. The number of hydrogen-bond donors (Lipinski definition) is 1. The highest BCUT2D eigenvalue weighted by molar-refractivity contribution is 5.21. The Labute approximate surface area is 107 Å². The minimum Gasteiger partial charge on any atom is -0.304 e. The minimum atomic E-state index is 0.459. The van der Waals surface area contributed by atoms with Gasteiger partial charge in [-0.1, -0.05) is 35.5 Å². The van der Waals surface area contributed by atoms with Gasteiger partial charge in [-0.25, -0.2) is 0 Å². The maximum atomic E-state index is 3.95. The van der Waals surface area contributed by atoms with Crippen molar-refractivity contribution < 1.29 is 0 Å². The number of nitrogens with zero attached hydrogens (tertiary/aromatic N) is 3. The van der Waals surface area contributed by atoms with Crippen molar-refractivity contribution in [1.29, 1.82) is 0 Å². The van der Waals surface area contributed by atoms with Crippen molar-refractivity contribution >= 4 is 0 Å². The largest absolute Gasteiger partial charge is 0.304 e. The van der Waals surface area contributed by atoms with Crippen LogP contribution in [0, 0.1) is 5.92 Å². The minimum absolute atomic E-state index is 0.459. The first-order valence-electron chi connectivity index (χ1n) is 6.46. The van der Waals surface area contributed by atoms with E-state index in [9.17, 15) is 0 Å². The lowest BCUT2D eigenvalue weighted by molar-refractivity contribution is 0.468. The first-order valence-corrected chi connectivity index (χ1v) is 6.46. The van der Waals surface area contributed by atoms with E-state index in [2.05, 4.69) is 46.0 Å². The van der Waals surface area contributed by atoms with E-state index in [0.29, 0.717) is 6.04 Å². The van der Waals surface area contributed by atoms with Gasteiger partial charge in [-0.3, -0.25) is 4.68 Å². The topological polar surface area (TPSA) is 42.7 Å². The van der Waals surface area contributed by atoms with Crippen molar-refractivity contribution in [2.45, 2.75) is 25.4 Å². The van der Waals surface area contributed by atoms with E-state index in [1.54, 1.807) is 0 Å². The molecule has 0 radical (unpaired) electrons. The summed E-state index contributed by atoms with van der Waals surface area (Å²) in [5, 5.41) is 11.5. The van der Waals surface area contributed by atoms with Gasteiger partial charge >= 0.3 is 0 Å². The SMILES string of the molecule is Cn1nncc1CNC(c1ccccc1)C1CC1. The lowest BCUT2D eigenvalue weighted by Crippen LogP contribution is -2.23. The number of aromatic nitrogens is 3. The maximum Gasteiger partial charge on any atom is 0.0738 e. The van der Waals surface area contributed by atoms with Crippen LogP contribution in [-0.4, -0.2) is 15.0 Å². The van der Waals surface area contributed by atoms with E-state index in [1.165, 1.54) is 18.4 Å². The van der Waals surface area contributed by atoms with E-state index >= 15 is 0 Å². The predicted molar refractivity (Wildman–Crippen MR) is 69.7 cm³/mol. The van der Waals surface area contributed by atoms with E-state index < -0.39 is 0 Å². The lowest BCUT2D eigenvalue weighted by atomic mass is 10.0. The summed E-state index contributed by atoms with van der Waals surface area (Å²) in [7, 11) is 1.93. The molecule has 0 saturated heterocycles. The van der Waals surface area contributed by atoms with Gasteiger partial charge in [-0.2, -0.15) is 0 Å². The van der Waals surface area contributed by atoms with Gasteiger partial charge < -0.3 is 5.32 Å². The molecule has 3 rings (SSSR count). The van der Waals surface area contributed by atoms with Gasteiger partial charge in [0, 0.05) is 19.6 Å². The van der Waals surface area contributed by atoms with Crippen LogP contribution in [0.4, 0.5) is 0 Å². The molecule has 1 unspecified atom stereocenters. The van der Waals surface area contributed by atoms with E-state index in [4.69, 9.17) is 0 Å². The molecule has 4 heteroatoms. The third-order valence-corrected chi connectivity index (χ3v) is 3.56. The molecule has 1 heterocycles. The van der Waals surface area contributed by atoms with Crippen molar-refractivity contribution in [3.8, 4) is 0 Å². The average molecular weight is 242 g/mol. The fourth-order valence-corrected chi connectivity index (χ4v) is 2.33. The normalized spacial score (nSPS) is 16.7. The zero-order valence-corrected chi connectivity index (χ0v) is 10.6. The van der Waals surface area contributed by atoms with E-state index in [-0.39, 0.29) is 0 Å². The summed E-state index contributed by atoms with van der Waals surface area (Å²) >= 11 is 0. The molecule has 1 fully saturated rings. The van der Waals surface area contributed by atoms with Crippen LogP contribution in [0.1, 0.15) is 30.1 Å². The Kier molecular flexibility index (Phi) is 3.11. The van der Waals surface area contributed by atoms with Crippen LogP contribution in [0.15, 0.2) is 36.5 Å². The summed E-state index contributed by atoms with van der Waals surface area (Å²) < 4.78 is 1.82. The molecular weight excluding hydrogens is 224 g/mol. The summed E-state index contributed by atoms with van der Waals surface area (Å²) in [6.07, 6.45) is 4.48. The third kappa shape index (κ3) is 2.43. The molecule has 2 aromatic rings. The molecule has 1 aliphatic rings. The molecule has 1 N–H and O–H groups in total. The highest BCUT2D eigenvalue weighted by Gasteiger charge is 2.31. The van der Waals surface area contributed by atoms with Gasteiger partial charge in [0.05, 0.1) is 11.9 Å². The molecular formula is C14H18N4. The van der Waals surface area contributed by atoms with Gasteiger partial charge in [-0.05, 0) is 24.3 Å². The van der Waals surface area contributed by atoms with Crippen molar-refractivity contribution in [3.63, 3.8) is 0 Å². The van der Waals surface area contributed by atoms with Crippen molar-refractivity contribution in [3.05, 3.63) is 47.8 Å². The second kappa shape index (κ2) is 4.90. The molecule has 0 amide bonds. The zero-order valence-electron chi connectivity index (χ0n) is 10.6. The standard InChI is InChI=1S/C14H18N4/c1-18-13(10-16-17-18)9-15-14(12-7-8-12)11-5-3-2-4-6-11/h2-6,10,12,14-15H,7-9H2,1H3. The Bertz CT molecular complexity index is 502. The molecule has 0 bridgehead atoms. The fourth-order valence-electron chi connectivity index (χ4n) is 2.33. The maximum absolute atomic E-state index is 3.95. The molecule has 4 nitrogen and oxygen atoms in total. The Balaban J connectivity index is 1.70. The summed E-state index contributed by atoms with van der Waals surface area (Å²) in [6.45, 7) is 0.819. The fraction of sp³-hybridized carbons (Fsp3) is 0.429. The Hall–Kier alpha value is -1.68. The monoisotopic (exact) mass is 242 g/mol. The number of rotatable bonds is 5. The van der Waals surface area contributed by atoms with Crippen molar-refractivity contribution in [2.24, 2.45) is 13.0 Å². The van der Waals surface area contributed by atoms with Crippen molar-refractivity contribution in [2.75, 3.05) is 0 Å². The lowest BCUT2D eigenvalue weighted by Gasteiger charge is -2.18. The number of benzene rings is 1. The van der Waals surface area contributed by atoms with E-state index in [1.807, 2.05) is 17.9 Å². The first kappa shape index (κ1) is 11.4. The smallest absolute Gasteiger partial charge is 0.0738 e. The molecule has 18 heavy (non-hydrogen) atoms. The molecule has 0 aliphatic heterocycles. The Morgan fingerprint density at radius 1 is 1.33 bits per heavy atom. The highest BCUT2D eigenvalue weighted by atomic mass is 15.4. The van der Waals surface area contributed by atoms with Crippen LogP contribution < -0.4 is 5.32 Å². The zero-order chi connectivity index (χ0) is 12.4. The number of hydrogen-bond acceptors (Lipinski definition) is 3. The molecule has 94 valence electrons. The van der Waals surface area contributed by atoms with Crippen LogP contribution in [0.2, 0.25) is 0 Å². The number of aryl methyl sites for hydroxylation is 1. The number of nitrogens with one attached hydrogen (secondary N) is 1. The van der Waals surface area contributed by atoms with Gasteiger partial charge in [0.25, 0.3) is 0 Å². The summed E-state index contributed by atoms with van der Waals surface area (Å²) in [5.41, 5.74) is 2.51. The Morgan fingerprint density at radius 2 is 2.11 bits per heavy atom. The molecule has 1 aromatic carbocycles. The van der Waals surface area contributed by atoms with Gasteiger partial charge in [0.2, 0.25) is 0 Å². The quantitative estimate of drug-likeness (QED) is 0.872. The van der Waals surface area contributed by atoms with E-state index in [0.717, 1.165) is 18.2 Å². The van der Waals surface area contributed by atoms with Crippen LogP contribution in [0.25, 0.3) is 0 Å². The van der Waals surface area contributed by atoms with Gasteiger partial charge in [0.1, 0.15) is 0 Å². The van der Waals surface area contributed by atoms with Crippen molar-refractivity contribution in [1.82, 2.24) is 20.3 Å². The molecule has 1 saturated carbocycles. The van der Waals surface area contributed by atoms with Gasteiger partial charge in [0.15, 0.2) is 0 Å². The highest BCUT2D eigenvalue weighted by Crippen LogP contribution is 2.41. The molecule has 1 aliphatic carbocycles. The summed E-state index contributed by atoms with van der Waals surface area (Å²) in [4.78, 5) is 0. The molecule has 1 atom stereocenters. The Morgan fingerprint density at radius 3 is 2.72 bits per heavy atom. The van der Waals surface area contributed by atoms with Gasteiger partial charge in [-0.15, -0.1) is 5.10 Å². The first-order chi connectivity index (χ1) is 8.84. The third-order valence-electron chi connectivity index (χ3n) is 3.56. The van der Waals surface area contributed by atoms with Crippen LogP contribution in [0.5, 0.6) is 0 Å². The average Bonchev–Trinajstić information content (AvgIpc) is 3.15. The molecule has 1 aromatic heterocycles. The summed E-state index contributed by atoms with van der Waals surface area (Å²) in [6, 6.07) is 11.2. The molecule has 0 spiro atoms. The summed E-state index contributed by atoms with van der Waals surface area (Å²) in [5.74, 6) is 0.786. The van der Waals surface area contributed by atoms with Crippen LogP contribution in [-0.2, 0) is 13.6 Å². The second-order valence-corrected chi connectivity index (χ2v) is 4.96. The second-order valence-electron chi connectivity index (χ2n) is 4.96. The van der Waals surface area contributed by atoms with Crippen LogP contribution >= 0.6 is 0 Å². The van der Waals surface area contributed by atoms with Crippen LogP contribution in [0.3, 0.4) is 0 Å².